The van der Waals surface area contributed by atoms with Crippen LogP contribution in [0.1, 0.15) is 21.7 Å². The van der Waals surface area contributed by atoms with Gasteiger partial charge in [-0.3, -0.25) is 15.6 Å². The zero-order valence-electron chi connectivity index (χ0n) is 8.37. The van der Waals surface area contributed by atoms with E-state index in [2.05, 4.69) is 33.3 Å². The van der Waals surface area contributed by atoms with Crippen molar-refractivity contribution in [3.05, 3.63) is 23.0 Å². The minimum Gasteiger partial charge on any atom is -0.375 e. The van der Waals surface area contributed by atoms with Crippen molar-refractivity contribution in [2.24, 2.45) is 5.73 Å². The fourth-order valence-corrected chi connectivity index (χ4v) is 1.02. The van der Waals surface area contributed by atoms with Gasteiger partial charge in [0.15, 0.2) is 5.11 Å². The number of carbonyl (C=O) groups excluding carboxylic acids is 1. The van der Waals surface area contributed by atoms with E-state index in [0.717, 1.165) is 0 Å². The van der Waals surface area contributed by atoms with E-state index in [-0.39, 0.29) is 11.0 Å². The summed E-state index contributed by atoms with van der Waals surface area (Å²) in [6.07, 6.45) is 0. The van der Waals surface area contributed by atoms with Gasteiger partial charge in [0.1, 0.15) is 0 Å². The first kappa shape index (κ1) is 11.3. The highest BCUT2D eigenvalue weighted by molar-refractivity contribution is 7.80. The monoisotopic (exact) mass is 225 g/mol. The molecule has 6 nitrogen and oxygen atoms in total. The fourth-order valence-electron chi connectivity index (χ4n) is 0.965. The summed E-state index contributed by atoms with van der Waals surface area (Å²) < 4.78 is 0. The molecule has 0 aliphatic heterocycles. The summed E-state index contributed by atoms with van der Waals surface area (Å²) in [6, 6.07) is 1.64. The first-order valence-electron chi connectivity index (χ1n) is 4.17. The molecule has 0 spiro atoms. The van der Waals surface area contributed by atoms with Crippen LogP contribution in [0.2, 0.25) is 0 Å². The van der Waals surface area contributed by atoms with Gasteiger partial charge in [0.25, 0.3) is 5.91 Å². The Morgan fingerprint density at radius 1 is 1.40 bits per heavy atom. The molecule has 0 saturated carbocycles. The predicted octanol–water partition coefficient (Wildman–Crippen LogP) is -0.429. The number of aromatic nitrogens is 2. The van der Waals surface area contributed by atoms with E-state index in [9.17, 15) is 4.79 Å². The lowest BCUT2D eigenvalue weighted by Crippen LogP contribution is -2.44. The van der Waals surface area contributed by atoms with Gasteiger partial charge in [0, 0.05) is 0 Å². The summed E-state index contributed by atoms with van der Waals surface area (Å²) in [5.41, 5.74) is 11.5. The molecule has 0 saturated heterocycles. The second kappa shape index (κ2) is 4.65. The maximum atomic E-state index is 11.6. The molecule has 0 unspecified atom stereocenters. The van der Waals surface area contributed by atoms with Gasteiger partial charge in [-0.25, -0.2) is 0 Å². The van der Waals surface area contributed by atoms with Crippen LogP contribution in [0.5, 0.6) is 0 Å². The van der Waals surface area contributed by atoms with Crippen molar-refractivity contribution >= 4 is 23.2 Å². The van der Waals surface area contributed by atoms with Crippen LogP contribution in [-0.2, 0) is 0 Å². The number of nitrogens with one attached hydrogen (secondary N) is 2. The molecular weight excluding hydrogens is 214 g/mol. The minimum absolute atomic E-state index is 0.000240. The quantitative estimate of drug-likeness (QED) is 0.443. The van der Waals surface area contributed by atoms with Gasteiger partial charge in [-0.1, -0.05) is 0 Å². The molecule has 0 radical (unpaired) electrons. The first-order chi connectivity index (χ1) is 7.00. The van der Waals surface area contributed by atoms with Gasteiger partial charge in [-0.15, -0.1) is 0 Å². The molecule has 15 heavy (non-hydrogen) atoms. The molecule has 0 bridgehead atoms. The van der Waals surface area contributed by atoms with Crippen LogP contribution in [0.15, 0.2) is 6.07 Å². The van der Waals surface area contributed by atoms with Gasteiger partial charge < -0.3 is 5.73 Å². The normalized spacial score (nSPS) is 9.47. The Balaban J connectivity index is 2.81. The van der Waals surface area contributed by atoms with E-state index >= 15 is 0 Å². The summed E-state index contributed by atoms with van der Waals surface area (Å²) in [5, 5.41) is 7.64. The first-order valence-corrected chi connectivity index (χ1v) is 4.58. The molecule has 0 atom stereocenters. The number of nitrogens with two attached hydrogens (primary N) is 1. The predicted molar refractivity (Wildman–Crippen MR) is 58.9 cm³/mol. The number of carbonyl (C=O) groups is 1. The third-order valence-electron chi connectivity index (χ3n) is 1.64. The zero-order chi connectivity index (χ0) is 11.4. The van der Waals surface area contributed by atoms with E-state index in [1.54, 1.807) is 19.9 Å². The zero-order valence-corrected chi connectivity index (χ0v) is 9.18. The second-order valence-corrected chi connectivity index (χ2v) is 3.37. The third kappa shape index (κ3) is 3.13. The number of hydrogen-bond acceptors (Lipinski definition) is 4. The lowest BCUT2D eigenvalue weighted by molar-refractivity contribution is 0.0942. The smallest absolute Gasteiger partial charge is 0.271 e. The number of amides is 1. The minimum atomic E-state index is -0.349. The Morgan fingerprint density at radius 3 is 2.67 bits per heavy atom. The van der Waals surface area contributed by atoms with Gasteiger partial charge in [0.2, 0.25) is 0 Å². The molecule has 0 fully saturated rings. The van der Waals surface area contributed by atoms with E-state index in [0.29, 0.717) is 17.0 Å². The summed E-state index contributed by atoms with van der Waals surface area (Å²) in [6.45, 7) is 3.45. The molecule has 0 aliphatic carbocycles. The fraction of sp³-hybridized carbons (Fsp3) is 0.250. The average Bonchev–Trinajstić information content (AvgIpc) is 2.18. The van der Waals surface area contributed by atoms with Gasteiger partial charge >= 0.3 is 0 Å². The molecule has 0 aliphatic rings. The summed E-state index contributed by atoms with van der Waals surface area (Å²) in [7, 11) is 0. The molecule has 1 aromatic rings. The van der Waals surface area contributed by atoms with Crippen molar-refractivity contribution in [1.82, 2.24) is 21.0 Å². The van der Waals surface area contributed by atoms with Crippen LogP contribution >= 0.6 is 12.2 Å². The molecule has 7 heteroatoms. The summed E-state index contributed by atoms with van der Waals surface area (Å²) >= 11 is 4.55. The topological polar surface area (TPSA) is 92.9 Å². The van der Waals surface area contributed by atoms with Crippen LogP contribution in [0, 0.1) is 13.8 Å². The van der Waals surface area contributed by atoms with E-state index in [1.807, 2.05) is 0 Å². The maximum Gasteiger partial charge on any atom is 0.271 e. The number of hydrazine groups is 1. The highest BCUT2D eigenvalue weighted by atomic mass is 32.1. The molecule has 4 N–H and O–H groups in total. The molecule has 1 rings (SSSR count). The van der Waals surface area contributed by atoms with Crippen LogP contribution < -0.4 is 16.6 Å². The van der Waals surface area contributed by atoms with E-state index in [1.165, 1.54) is 0 Å². The molecule has 80 valence electrons. The van der Waals surface area contributed by atoms with Crippen molar-refractivity contribution in [3.63, 3.8) is 0 Å². The Bertz CT molecular complexity index is 406. The standard InChI is InChI=1S/C8H11N5OS/c1-4-3-6(5(2)11-10-4)7(14)12-13-8(9)15/h3H,1-2H3,(H,12,14)(H3,9,13,15). The largest absolute Gasteiger partial charge is 0.375 e. The Morgan fingerprint density at radius 2 is 2.07 bits per heavy atom. The van der Waals surface area contributed by atoms with Crippen molar-refractivity contribution in [2.75, 3.05) is 0 Å². The van der Waals surface area contributed by atoms with Gasteiger partial charge in [-0.05, 0) is 32.1 Å². The number of nitrogens with zero attached hydrogens (tertiary/aromatic N) is 2. The summed E-state index contributed by atoms with van der Waals surface area (Å²) in [5.74, 6) is -0.349. The molecule has 1 aromatic heterocycles. The number of aryl methyl sites for hydroxylation is 2. The lowest BCUT2D eigenvalue weighted by atomic mass is 10.2. The Hall–Kier alpha value is -1.76. The number of thiocarbonyl (C=S) groups is 1. The van der Waals surface area contributed by atoms with Crippen LogP contribution in [0.3, 0.4) is 0 Å². The average molecular weight is 225 g/mol. The Labute approximate surface area is 92.2 Å². The SMILES string of the molecule is Cc1cc(C(=O)NNC(N)=S)c(C)nn1. The third-order valence-corrected chi connectivity index (χ3v) is 1.75. The van der Waals surface area contributed by atoms with Crippen molar-refractivity contribution in [3.8, 4) is 0 Å². The second-order valence-electron chi connectivity index (χ2n) is 2.93. The lowest BCUT2D eigenvalue weighted by Gasteiger charge is -2.07. The van der Waals surface area contributed by atoms with E-state index in [4.69, 9.17) is 5.73 Å². The van der Waals surface area contributed by atoms with E-state index < -0.39 is 0 Å². The van der Waals surface area contributed by atoms with Crippen molar-refractivity contribution in [1.29, 1.82) is 0 Å². The van der Waals surface area contributed by atoms with Crippen molar-refractivity contribution < 1.29 is 4.79 Å². The highest BCUT2D eigenvalue weighted by Crippen LogP contribution is 2.04. The van der Waals surface area contributed by atoms with Gasteiger partial charge in [-0.2, -0.15) is 10.2 Å². The molecule has 0 aromatic carbocycles. The molecule has 1 amide bonds. The highest BCUT2D eigenvalue weighted by Gasteiger charge is 2.10. The van der Waals surface area contributed by atoms with Crippen LogP contribution in [0.4, 0.5) is 0 Å². The number of hydrogen-bond donors (Lipinski definition) is 3. The van der Waals surface area contributed by atoms with Gasteiger partial charge in [0.05, 0.1) is 17.0 Å². The number of rotatable bonds is 1. The van der Waals surface area contributed by atoms with Crippen LogP contribution in [-0.4, -0.2) is 21.2 Å². The molecule has 1 heterocycles. The summed E-state index contributed by atoms with van der Waals surface area (Å²) in [4.78, 5) is 11.6. The van der Waals surface area contributed by atoms with Crippen LogP contribution in [0.25, 0.3) is 0 Å². The maximum absolute atomic E-state index is 11.6. The molecular formula is C8H11N5OS. The Kier molecular flexibility index (Phi) is 3.51. The van der Waals surface area contributed by atoms with Crippen molar-refractivity contribution in [2.45, 2.75) is 13.8 Å².